The number of hydrogen-bond acceptors (Lipinski definition) is 4. The highest BCUT2D eigenvalue weighted by molar-refractivity contribution is 8.15. The number of carbonyl (C=O) groups excluding carboxylic acids is 1. The number of nitrogens with one attached hydrogen (secondary N) is 1. The Morgan fingerprint density at radius 2 is 2.09 bits per heavy atom. The molecule has 1 N–H and O–H groups in total. The number of carbonyl (C=O) groups is 1. The summed E-state index contributed by atoms with van der Waals surface area (Å²) < 4.78 is 0. The third kappa shape index (κ3) is 4.05. The van der Waals surface area contributed by atoms with Gasteiger partial charge in [-0.1, -0.05) is 47.1 Å². The maximum Gasteiger partial charge on any atom is 0.239 e. The lowest BCUT2D eigenvalue weighted by Gasteiger charge is -2.06. The summed E-state index contributed by atoms with van der Waals surface area (Å²) in [5.74, 6) is 0.524. The van der Waals surface area contributed by atoms with Crippen LogP contribution in [0.3, 0.4) is 0 Å². The van der Waals surface area contributed by atoms with Gasteiger partial charge in [0, 0.05) is 5.69 Å². The number of halogens is 2. The Morgan fingerprint density at radius 1 is 1.26 bits per heavy atom. The average molecular weight is 366 g/mol. The molecule has 1 unspecified atom stereocenters. The molecule has 1 amide bonds. The van der Waals surface area contributed by atoms with Gasteiger partial charge in [0.2, 0.25) is 5.91 Å². The van der Waals surface area contributed by atoms with Crippen molar-refractivity contribution in [3.8, 4) is 0 Å². The summed E-state index contributed by atoms with van der Waals surface area (Å²) in [6.45, 7) is 1.90. The maximum atomic E-state index is 12.1. The maximum absolute atomic E-state index is 12.1. The van der Waals surface area contributed by atoms with E-state index in [4.69, 9.17) is 23.2 Å². The fourth-order valence-corrected chi connectivity index (χ4v) is 3.51. The number of thioether (sulfide) groups is 1. The van der Waals surface area contributed by atoms with Crippen molar-refractivity contribution in [3.05, 3.63) is 57.7 Å². The number of amides is 1. The molecule has 1 fully saturated rings. The Kier molecular flexibility index (Phi) is 4.90. The quantitative estimate of drug-likeness (QED) is 0.888. The van der Waals surface area contributed by atoms with E-state index < -0.39 is 0 Å². The molecule has 0 radical (unpaired) electrons. The highest BCUT2D eigenvalue weighted by atomic mass is 35.5. The van der Waals surface area contributed by atoms with Crippen molar-refractivity contribution in [1.82, 2.24) is 10.3 Å². The lowest BCUT2D eigenvalue weighted by Crippen LogP contribution is -2.26. The zero-order valence-corrected chi connectivity index (χ0v) is 14.5. The van der Waals surface area contributed by atoms with Gasteiger partial charge < -0.3 is 5.32 Å². The van der Waals surface area contributed by atoms with Crippen LogP contribution >= 0.6 is 35.0 Å². The van der Waals surface area contributed by atoms with Gasteiger partial charge in [-0.3, -0.25) is 4.79 Å². The molecule has 0 aliphatic carbocycles. The molecule has 1 aromatic heterocycles. The monoisotopic (exact) mass is 365 g/mol. The number of benzene rings is 1. The Labute approximate surface area is 148 Å². The van der Waals surface area contributed by atoms with E-state index in [-0.39, 0.29) is 11.2 Å². The molecule has 1 atom stereocenters. The molecular formula is C16H13Cl2N3OS. The van der Waals surface area contributed by atoms with Crippen molar-refractivity contribution >= 4 is 51.9 Å². The largest absolute Gasteiger partial charge is 0.304 e. The first-order chi connectivity index (χ1) is 11.0. The molecule has 1 saturated heterocycles. The fraction of sp³-hybridized carbons (Fsp3) is 0.188. The second kappa shape index (κ2) is 6.91. The number of aliphatic imine (C=N–C) groups is 1. The molecule has 2 aromatic rings. The minimum absolute atomic E-state index is 0.0625. The van der Waals surface area contributed by atoms with E-state index in [1.165, 1.54) is 11.8 Å². The minimum Gasteiger partial charge on any atom is -0.304 e. The van der Waals surface area contributed by atoms with Gasteiger partial charge in [-0.25, -0.2) is 9.98 Å². The number of aromatic nitrogens is 1. The first kappa shape index (κ1) is 16.3. The van der Waals surface area contributed by atoms with Crippen LogP contribution in [0.15, 0.2) is 41.4 Å². The van der Waals surface area contributed by atoms with E-state index in [9.17, 15) is 4.79 Å². The smallest absolute Gasteiger partial charge is 0.239 e. The van der Waals surface area contributed by atoms with E-state index in [2.05, 4.69) is 15.3 Å². The number of aryl methyl sites for hydroxylation is 1. The SMILES string of the molecule is Cc1cccc(N=C2NC(=O)C(Cc3ccc(Cl)c(Cl)c3)S2)n1. The number of amidine groups is 1. The topological polar surface area (TPSA) is 54.4 Å². The zero-order valence-electron chi connectivity index (χ0n) is 12.2. The summed E-state index contributed by atoms with van der Waals surface area (Å²) in [4.78, 5) is 20.8. The highest BCUT2D eigenvalue weighted by Gasteiger charge is 2.30. The number of nitrogens with zero attached hydrogens (tertiary/aromatic N) is 2. The number of pyridine rings is 1. The van der Waals surface area contributed by atoms with Crippen LogP contribution in [0.2, 0.25) is 10.0 Å². The van der Waals surface area contributed by atoms with Crippen LogP contribution in [0, 0.1) is 6.92 Å². The molecule has 1 aliphatic heterocycles. The van der Waals surface area contributed by atoms with Gasteiger partial charge in [-0.15, -0.1) is 0 Å². The molecule has 7 heteroatoms. The second-order valence-corrected chi connectivity index (χ2v) is 7.11. The lowest BCUT2D eigenvalue weighted by atomic mass is 10.1. The van der Waals surface area contributed by atoms with Crippen LogP contribution in [0.5, 0.6) is 0 Å². The van der Waals surface area contributed by atoms with E-state index in [1.807, 2.05) is 25.1 Å². The second-order valence-electron chi connectivity index (χ2n) is 5.10. The Morgan fingerprint density at radius 3 is 2.83 bits per heavy atom. The van der Waals surface area contributed by atoms with E-state index in [1.54, 1.807) is 18.2 Å². The van der Waals surface area contributed by atoms with Gasteiger partial charge in [-0.2, -0.15) is 0 Å². The van der Waals surface area contributed by atoms with E-state index in [0.717, 1.165) is 11.3 Å². The van der Waals surface area contributed by atoms with Gasteiger partial charge in [0.05, 0.1) is 15.3 Å². The van der Waals surface area contributed by atoms with Gasteiger partial charge in [0.15, 0.2) is 11.0 Å². The van der Waals surface area contributed by atoms with Crippen molar-refractivity contribution in [3.63, 3.8) is 0 Å². The first-order valence-electron chi connectivity index (χ1n) is 6.95. The van der Waals surface area contributed by atoms with Gasteiger partial charge in [-0.05, 0) is 43.2 Å². The predicted octanol–water partition coefficient (Wildman–Crippen LogP) is 4.16. The third-order valence-corrected chi connectivity index (χ3v) is 5.09. The Hall–Kier alpha value is -1.56. The molecule has 4 nitrogen and oxygen atoms in total. The molecule has 23 heavy (non-hydrogen) atoms. The number of hydrogen-bond donors (Lipinski definition) is 1. The van der Waals surface area contributed by atoms with E-state index >= 15 is 0 Å². The highest BCUT2D eigenvalue weighted by Crippen LogP contribution is 2.28. The van der Waals surface area contributed by atoms with Crippen molar-refractivity contribution in [2.75, 3.05) is 0 Å². The minimum atomic E-state index is -0.240. The molecule has 1 aromatic carbocycles. The van der Waals surface area contributed by atoms with Crippen LogP contribution in [-0.2, 0) is 11.2 Å². The molecule has 1 aliphatic rings. The van der Waals surface area contributed by atoms with Crippen LogP contribution in [0.25, 0.3) is 0 Å². The summed E-state index contributed by atoms with van der Waals surface area (Å²) in [6, 6.07) is 11.0. The molecule has 118 valence electrons. The molecule has 0 spiro atoms. The third-order valence-electron chi connectivity index (χ3n) is 3.27. The average Bonchev–Trinajstić information content (AvgIpc) is 2.83. The predicted molar refractivity (Wildman–Crippen MR) is 95.8 cm³/mol. The van der Waals surface area contributed by atoms with Crippen molar-refractivity contribution in [1.29, 1.82) is 0 Å². The molecule has 2 heterocycles. The first-order valence-corrected chi connectivity index (χ1v) is 8.58. The van der Waals surface area contributed by atoms with Gasteiger partial charge >= 0.3 is 0 Å². The standard InChI is InChI=1S/C16H13Cl2N3OS/c1-9-3-2-4-14(19-9)20-16-21-15(22)13(23-16)8-10-5-6-11(17)12(18)7-10/h2-7,13H,8H2,1H3,(H,19,20,21,22). The van der Waals surface area contributed by atoms with Crippen LogP contribution < -0.4 is 5.32 Å². The van der Waals surface area contributed by atoms with Crippen molar-refractivity contribution in [2.45, 2.75) is 18.6 Å². The Bertz CT molecular complexity index is 795. The lowest BCUT2D eigenvalue weighted by molar-refractivity contribution is -0.118. The summed E-state index contributed by atoms with van der Waals surface area (Å²) in [5.41, 5.74) is 1.84. The zero-order chi connectivity index (χ0) is 16.4. The summed E-state index contributed by atoms with van der Waals surface area (Å²) in [5, 5.41) is 4.12. The molecular weight excluding hydrogens is 353 g/mol. The van der Waals surface area contributed by atoms with Crippen molar-refractivity contribution < 1.29 is 4.79 Å². The Balaban J connectivity index is 1.73. The summed E-state index contributed by atoms with van der Waals surface area (Å²) in [7, 11) is 0. The van der Waals surface area contributed by atoms with E-state index in [0.29, 0.717) is 27.5 Å². The normalized spacial score (nSPS) is 19.2. The molecule has 0 saturated carbocycles. The van der Waals surface area contributed by atoms with Crippen LogP contribution in [0.4, 0.5) is 5.82 Å². The molecule has 3 rings (SSSR count). The fourth-order valence-electron chi connectivity index (χ4n) is 2.17. The van der Waals surface area contributed by atoms with Crippen molar-refractivity contribution in [2.24, 2.45) is 4.99 Å². The molecule has 0 bridgehead atoms. The number of rotatable bonds is 3. The van der Waals surface area contributed by atoms with Crippen LogP contribution in [-0.4, -0.2) is 21.3 Å². The van der Waals surface area contributed by atoms with Gasteiger partial charge in [0.25, 0.3) is 0 Å². The summed E-state index contributed by atoms with van der Waals surface area (Å²) >= 11 is 13.3. The van der Waals surface area contributed by atoms with Gasteiger partial charge in [0.1, 0.15) is 0 Å². The summed E-state index contributed by atoms with van der Waals surface area (Å²) in [6.07, 6.45) is 0.563. The van der Waals surface area contributed by atoms with Crippen LogP contribution in [0.1, 0.15) is 11.3 Å².